The number of aromatic nitrogens is 2. The second-order valence-electron chi connectivity index (χ2n) is 7.43. The molecule has 0 aliphatic carbocycles. The summed E-state index contributed by atoms with van der Waals surface area (Å²) < 4.78 is 27.2. The van der Waals surface area contributed by atoms with Crippen molar-refractivity contribution in [3.8, 4) is 0 Å². The first kappa shape index (κ1) is 24.2. The van der Waals surface area contributed by atoms with Gasteiger partial charge in [-0.3, -0.25) is 14.4 Å². The zero-order valence-electron chi connectivity index (χ0n) is 18.5. The van der Waals surface area contributed by atoms with Crippen LogP contribution < -0.4 is 9.62 Å². The molecule has 1 heterocycles. The first-order valence-corrected chi connectivity index (χ1v) is 13.7. The van der Waals surface area contributed by atoms with Gasteiger partial charge in [-0.05, 0) is 55.2 Å². The van der Waals surface area contributed by atoms with Crippen LogP contribution in [0.5, 0.6) is 0 Å². The third-order valence-corrected chi connectivity index (χ3v) is 7.94. The van der Waals surface area contributed by atoms with Crippen molar-refractivity contribution >= 4 is 49.8 Å². The summed E-state index contributed by atoms with van der Waals surface area (Å²) in [5.74, 6) is 0.672. The molecule has 0 aliphatic heterocycles. The van der Waals surface area contributed by atoms with Crippen molar-refractivity contribution in [1.29, 1.82) is 0 Å². The minimum absolute atomic E-state index is 0.180. The quantitative estimate of drug-likeness (QED) is 0.340. The van der Waals surface area contributed by atoms with Crippen molar-refractivity contribution < 1.29 is 13.2 Å². The Labute approximate surface area is 197 Å². The molecule has 0 saturated heterocycles. The molecule has 3 rings (SSSR count). The number of hydrogen-bond donors (Lipinski definition) is 1. The Hall–Kier alpha value is -2.43. The van der Waals surface area contributed by atoms with Crippen LogP contribution in [0.2, 0.25) is 0 Å². The molecule has 0 bridgehead atoms. The first-order chi connectivity index (χ1) is 15.2. The van der Waals surface area contributed by atoms with Crippen LogP contribution in [-0.2, 0) is 16.6 Å². The van der Waals surface area contributed by atoms with E-state index in [0.717, 1.165) is 33.2 Å². The maximum absolute atomic E-state index is 12.5. The van der Waals surface area contributed by atoms with Crippen molar-refractivity contribution in [2.24, 2.45) is 0 Å². The van der Waals surface area contributed by atoms with E-state index in [0.29, 0.717) is 16.4 Å². The molecule has 10 heteroatoms. The van der Waals surface area contributed by atoms with E-state index in [1.165, 1.54) is 21.9 Å². The summed E-state index contributed by atoms with van der Waals surface area (Å²) in [6.07, 6.45) is 2.24. The van der Waals surface area contributed by atoms with E-state index in [-0.39, 0.29) is 12.5 Å². The Bertz CT molecular complexity index is 1190. The van der Waals surface area contributed by atoms with E-state index in [1.807, 2.05) is 32.0 Å². The number of amides is 1. The van der Waals surface area contributed by atoms with Crippen molar-refractivity contribution in [3.63, 3.8) is 0 Å². The minimum atomic E-state index is -3.49. The van der Waals surface area contributed by atoms with Gasteiger partial charge >= 0.3 is 0 Å². The number of sulfonamides is 1. The fourth-order valence-corrected chi connectivity index (χ4v) is 5.58. The lowest BCUT2D eigenvalue weighted by Gasteiger charge is -2.25. The number of anilines is 2. The Kier molecular flexibility index (Phi) is 7.91. The van der Waals surface area contributed by atoms with Gasteiger partial charge in [0.25, 0.3) is 5.91 Å². The summed E-state index contributed by atoms with van der Waals surface area (Å²) in [7, 11) is -3.49. The molecule has 0 unspecified atom stereocenters. The minimum Gasteiger partial charge on any atom is -0.296 e. The van der Waals surface area contributed by atoms with Crippen LogP contribution in [0.4, 0.5) is 10.8 Å². The number of nitrogens with zero attached hydrogens (tertiary/aromatic N) is 3. The molecule has 1 N–H and O–H groups in total. The van der Waals surface area contributed by atoms with Gasteiger partial charge in [0, 0.05) is 11.3 Å². The molecule has 0 aliphatic rings. The maximum atomic E-state index is 12.5. The van der Waals surface area contributed by atoms with Gasteiger partial charge in [0.1, 0.15) is 0 Å². The van der Waals surface area contributed by atoms with E-state index in [9.17, 15) is 13.2 Å². The van der Waals surface area contributed by atoms with Crippen molar-refractivity contribution in [1.82, 2.24) is 10.2 Å². The molecule has 3 aromatic rings. The highest BCUT2D eigenvalue weighted by Crippen LogP contribution is 2.27. The molecule has 0 saturated carbocycles. The molecular weight excluding hydrogens is 464 g/mol. The van der Waals surface area contributed by atoms with Crippen LogP contribution in [-0.4, -0.2) is 36.5 Å². The molecular formula is C22H26N4O3S3. The Morgan fingerprint density at radius 1 is 1.12 bits per heavy atom. The number of hydrogen-bond acceptors (Lipinski definition) is 7. The average Bonchev–Trinajstić information content (AvgIpc) is 3.19. The van der Waals surface area contributed by atoms with Crippen LogP contribution in [0.15, 0.2) is 46.8 Å². The number of carbonyl (C=O) groups is 1. The highest BCUT2D eigenvalue weighted by atomic mass is 32.2. The van der Waals surface area contributed by atoms with E-state index >= 15 is 0 Å². The molecule has 0 atom stereocenters. The molecule has 7 nitrogen and oxygen atoms in total. The second kappa shape index (κ2) is 10.5. The molecule has 1 aromatic heterocycles. The summed E-state index contributed by atoms with van der Waals surface area (Å²) in [6.45, 7) is 6.09. The number of nitrogens with one attached hydrogen (secondary N) is 1. The summed E-state index contributed by atoms with van der Waals surface area (Å²) in [6, 6.07) is 12.6. The van der Waals surface area contributed by atoms with Gasteiger partial charge in [-0.15, -0.1) is 10.2 Å². The molecule has 2 aromatic carbocycles. The fourth-order valence-electron chi connectivity index (χ4n) is 2.97. The van der Waals surface area contributed by atoms with Crippen molar-refractivity contribution in [2.75, 3.05) is 21.6 Å². The molecule has 170 valence electrons. The van der Waals surface area contributed by atoms with Crippen molar-refractivity contribution in [2.45, 2.75) is 38.1 Å². The van der Waals surface area contributed by atoms with E-state index in [2.05, 4.69) is 22.4 Å². The Morgan fingerprint density at radius 3 is 2.50 bits per heavy atom. The van der Waals surface area contributed by atoms with Gasteiger partial charge in [0.05, 0.1) is 18.5 Å². The molecule has 32 heavy (non-hydrogen) atoms. The van der Waals surface area contributed by atoms with Crippen LogP contribution in [0.3, 0.4) is 0 Å². The van der Waals surface area contributed by atoms with Gasteiger partial charge in [-0.2, -0.15) is 0 Å². The lowest BCUT2D eigenvalue weighted by Crippen LogP contribution is -2.30. The topological polar surface area (TPSA) is 92.3 Å². The Balaban J connectivity index is 1.73. The van der Waals surface area contributed by atoms with Gasteiger partial charge in [-0.1, -0.05) is 54.3 Å². The summed E-state index contributed by atoms with van der Waals surface area (Å²) in [5, 5.41) is 11.3. The SMILES string of the molecule is CCCSc1nnc(NC(=O)c2ccc(CN(c3cc(C)ccc3C)S(C)(=O)=O)cc2)s1. The monoisotopic (exact) mass is 490 g/mol. The predicted octanol–water partition coefficient (Wildman–Crippen LogP) is 4.88. The third-order valence-electron chi connectivity index (χ3n) is 4.63. The maximum Gasteiger partial charge on any atom is 0.257 e. The lowest BCUT2D eigenvalue weighted by atomic mass is 10.1. The van der Waals surface area contributed by atoms with E-state index < -0.39 is 10.0 Å². The number of rotatable bonds is 9. The highest BCUT2D eigenvalue weighted by molar-refractivity contribution is 8.01. The van der Waals surface area contributed by atoms with Crippen LogP contribution in [0.1, 0.15) is 40.4 Å². The van der Waals surface area contributed by atoms with Gasteiger partial charge in [0.15, 0.2) is 4.34 Å². The lowest BCUT2D eigenvalue weighted by molar-refractivity contribution is 0.102. The largest absolute Gasteiger partial charge is 0.296 e. The van der Waals surface area contributed by atoms with Crippen LogP contribution in [0, 0.1) is 13.8 Å². The van der Waals surface area contributed by atoms with Crippen molar-refractivity contribution in [3.05, 3.63) is 64.7 Å². The van der Waals surface area contributed by atoms with Gasteiger partial charge in [-0.25, -0.2) is 8.42 Å². The van der Waals surface area contributed by atoms with E-state index in [1.54, 1.807) is 36.0 Å². The summed E-state index contributed by atoms with van der Waals surface area (Å²) in [5.41, 5.74) is 3.76. The number of benzene rings is 2. The van der Waals surface area contributed by atoms with E-state index in [4.69, 9.17) is 0 Å². The van der Waals surface area contributed by atoms with Gasteiger partial charge < -0.3 is 0 Å². The summed E-state index contributed by atoms with van der Waals surface area (Å²) in [4.78, 5) is 12.5. The average molecular weight is 491 g/mol. The predicted molar refractivity (Wildman–Crippen MR) is 132 cm³/mol. The second-order valence-corrected chi connectivity index (χ2v) is 11.7. The normalized spacial score (nSPS) is 11.4. The molecule has 0 radical (unpaired) electrons. The molecule has 0 fully saturated rings. The zero-order chi connectivity index (χ0) is 23.3. The number of carbonyl (C=O) groups excluding carboxylic acids is 1. The Morgan fingerprint density at radius 2 is 1.84 bits per heavy atom. The van der Waals surface area contributed by atoms with Gasteiger partial charge in [0.2, 0.25) is 15.2 Å². The smallest absolute Gasteiger partial charge is 0.257 e. The molecule has 0 spiro atoms. The molecule has 1 amide bonds. The standard InChI is InChI=1S/C22H26N4O3S3/c1-5-12-30-22-25-24-21(31-22)23-20(27)18-10-8-17(9-11-18)14-26(32(4,28)29)19-13-15(2)6-7-16(19)3/h6-11,13H,5,12,14H2,1-4H3,(H,23,24,27). The first-order valence-electron chi connectivity index (χ1n) is 10.1. The third kappa shape index (κ3) is 6.30. The zero-order valence-corrected chi connectivity index (χ0v) is 20.9. The number of thioether (sulfide) groups is 1. The van der Waals surface area contributed by atoms with Crippen LogP contribution >= 0.6 is 23.1 Å². The van der Waals surface area contributed by atoms with Crippen LogP contribution in [0.25, 0.3) is 0 Å². The summed E-state index contributed by atoms with van der Waals surface area (Å²) >= 11 is 2.96. The highest BCUT2D eigenvalue weighted by Gasteiger charge is 2.20. The fraction of sp³-hybridized carbons (Fsp3) is 0.318. The number of aryl methyl sites for hydroxylation is 2.